The van der Waals surface area contributed by atoms with Gasteiger partial charge in [-0.05, 0) is 49.9 Å². The number of hydrogen-bond acceptors (Lipinski definition) is 2. The summed E-state index contributed by atoms with van der Waals surface area (Å²) in [5.41, 5.74) is 2.51. The summed E-state index contributed by atoms with van der Waals surface area (Å²) in [4.78, 5) is 0. The molecule has 110 valence electrons. The Balaban J connectivity index is 2.01. The van der Waals surface area contributed by atoms with Crippen LogP contribution in [-0.2, 0) is 0 Å². The fourth-order valence-corrected chi connectivity index (χ4v) is 3.14. The Morgan fingerprint density at radius 2 is 1.67 bits per heavy atom. The first kappa shape index (κ1) is 14.0. The van der Waals surface area contributed by atoms with E-state index in [1.54, 1.807) is 12.1 Å². The SMILES string of the molecule is CC1CCCCC(c2ccc(O)cc2)c2ccccc2O1. The molecule has 0 saturated heterocycles. The molecule has 0 spiro atoms. The molecule has 2 unspecified atom stereocenters. The van der Waals surface area contributed by atoms with Gasteiger partial charge in [-0.2, -0.15) is 0 Å². The molecule has 1 aliphatic heterocycles. The molecule has 0 aliphatic carbocycles. The largest absolute Gasteiger partial charge is 0.508 e. The normalized spacial score (nSPS) is 22.3. The summed E-state index contributed by atoms with van der Waals surface area (Å²) < 4.78 is 6.14. The molecule has 0 radical (unpaired) electrons. The maximum Gasteiger partial charge on any atom is 0.123 e. The number of hydrogen-bond donors (Lipinski definition) is 1. The fraction of sp³-hybridized carbons (Fsp3) is 0.368. The highest BCUT2D eigenvalue weighted by molar-refractivity contribution is 5.43. The van der Waals surface area contributed by atoms with Gasteiger partial charge < -0.3 is 9.84 Å². The Kier molecular flexibility index (Phi) is 4.14. The molecule has 0 aromatic heterocycles. The standard InChI is InChI=1S/C19H22O2/c1-14-6-2-3-7-17(15-10-12-16(20)13-11-15)18-8-4-5-9-19(18)21-14/h4-5,8-14,17,20H,2-3,6-7H2,1H3. The molecule has 2 heteroatoms. The Bertz CT molecular complexity index is 589. The second-order valence-electron chi connectivity index (χ2n) is 5.89. The van der Waals surface area contributed by atoms with E-state index >= 15 is 0 Å². The third-order valence-electron chi connectivity index (χ3n) is 4.27. The van der Waals surface area contributed by atoms with Gasteiger partial charge in [0.25, 0.3) is 0 Å². The van der Waals surface area contributed by atoms with Crippen molar-refractivity contribution < 1.29 is 9.84 Å². The predicted molar refractivity (Wildman–Crippen MR) is 84.9 cm³/mol. The Morgan fingerprint density at radius 1 is 0.952 bits per heavy atom. The van der Waals surface area contributed by atoms with Crippen molar-refractivity contribution in [3.8, 4) is 11.5 Å². The molecule has 0 bridgehead atoms. The van der Waals surface area contributed by atoms with Crippen LogP contribution in [0.5, 0.6) is 11.5 Å². The molecule has 21 heavy (non-hydrogen) atoms. The van der Waals surface area contributed by atoms with Gasteiger partial charge in [-0.15, -0.1) is 0 Å². The van der Waals surface area contributed by atoms with Crippen LogP contribution in [0, 0.1) is 0 Å². The van der Waals surface area contributed by atoms with Crippen molar-refractivity contribution in [2.75, 3.05) is 0 Å². The summed E-state index contributed by atoms with van der Waals surface area (Å²) in [6, 6.07) is 16.0. The van der Waals surface area contributed by atoms with Crippen LogP contribution in [0.25, 0.3) is 0 Å². The lowest BCUT2D eigenvalue weighted by Crippen LogP contribution is -2.12. The zero-order valence-electron chi connectivity index (χ0n) is 12.5. The van der Waals surface area contributed by atoms with Crippen molar-refractivity contribution >= 4 is 0 Å². The van der Waals surface area contributed by atoms with Crippen molar-refractivity contribution in [2.24, 2.45) is 0 Å². The Morgan fingerprint density at radius 3 is 2.48 bits per heavy atom. The van der Waals surface area contributed by atoms with Crippen molar-refractivity contribution in [1.29, 1.82) is 0 Å². The van der Waals surface area contributed by atoms with Crippen LogP contribution in [0.2, 0.25) is 0 Å². The first-order chi connectivity index (χ1) is 10.2. The van der Waals surface area contributed by atoms with Gasteiger partial charge in [-0.3, -0.25) is 0 Å². The monoisotopic (exact) mass is 282 g/mol. The summed E-state index contributed by atoms with van der Waals surface area (Å²) in [7, 11) is 0. The predicted octanol–water partition coefficient (Wildman–Crippen LogP) is 4.87. The minimum Gasteiger partial charge on any atom is -0.508 e. The average Bonchev–Trinajstić information content (AvgIpc) is 2.57. The molecule has 3 rings (SSSR count). The minimum absolute atomic E-state index is 0.268. The van der Waals surface area contributed by atoms with Crippen LogP contribution in [0.1, 0.15) is 49.7 Å². The third kappa shape index (κ3) is 3.21. The maximum atomic E-state index is 9.51. The van der Waals surface area contributed by atoms with Crippen LogP contribution in [0.4, 0.5) is 0 Å². The second kappa shape index (κ2) is 6.21. The number of aromatic hydroxyl groups is 1. The van der Waals surface area contributed by atoms with E-state index in [0.29, 0.717) is 11.7 Å². The number of benzene rings is 2. The number of para-hydroxylation sites is 1. The minimum atomic E-state index is 0.268. The molecule has 2 aromatic rings. The Hall–Kier alpha value is -1.96. The average molecular weight is 282 g/mol. The lowest BCUT2D eigenvalue weighted by Gasteiger charge is -2.21. The summed E-state index contributed by atoms with van der Waals surface area (Å²) in [5.74, 6) is 1.66. The van der Waals surface area contributed by atoms with Gasteiger partial charge in [0.2, 0.25) is 0 Å². The van der Waals surface area contributed by atoms with Gasteiger partial charge in [-0.25, -0.2) is 0 Å². The summed E-state index contributed by atoms with van der Waals surface area (Å²) in [6.45, 7) is 2.15. The van der Waals surface area contributed by atoms with Gasteiger partial charge >= 0.3 is 0 Å². The molecule has 1 heterocycles. The van der Waals surface area contributed by atoms with Gasteiger partial charge in [0.1, 0.15) is 11.5 Å². The molecule has 2 nitrogen and oxygen atoms in total. The summed E-state index contributed by atoms with van der Waals surface area (Å²) in [5, 5.41) is 9.51. The van der Waals surface area contributed by atoms with E-state index in [0.717, 1.165) is 18.6 Å². The van der Waals surface area contributed by atoms with Crippen molar-refractivity contribution in [2.45, 2.75) is 44.6 Å². The Labute approximate surface area is 126 Å². The first-order valence-electron chi connectivity index (χ1n) is 7.78. The topological polar surface area (TPSA) is 29.5 Å². The van der Waals surface area contributed by atoms with Crippen molar-refractivity contribution in [1.82, 2.24) is 0 Å². The first-order valence-corrected chi connectivity index (χ1v) is 7.78. The molecular formula is C19H22O2. The molecule has 0 saturated carbocycles. The van der Waals surface area contributed by atoms with Crippen LogP contribution in [0.3, 0.4) is 0 Å². The van der Waals surface area contributed by atoms with Gasteiger partial charge in [0.15, 0.2) is 0 Å². The molecular weight excluding hydrogens is 260 g/mol. The zero-order valence-corrected chi connectivity index (χ0v) is 12.5. The second-order valence-corrected chi connectivity index (χ2v) is 5.89. The highest BCUT2D eigenvalue weighted by atomic mass is 16.5. The number of phenolic OH excluding ortho intramolecular Hbond substituents is 1. The van der Waals surface area contributed by atoms with Crippen molar-refractivity contribution in [3.05, 3.63) is 59.7 Å². The van der Waals surface area contributed by atoms with Crippen LogP contribution >= 0.6 is 0 Å². The maximum absolute atomic E-state index is 9.51. The molecule has 0 fully saturated rings. The van der Waals surface area contributed by atoms with Crippen molar-refractivity contribution in [3.63, 3.8) is 0 Å². The number of fused-ring (bicyclic) bond motifs is 1. The van der Waals surface area contributed by atoms with Gasteiger partial charge in [-0.1, -0.05) is 36.8 Å². The molecule has 2 atom stereocenters. The van der Waals surface area contributed by atoms with E-state index in [-0.39, 0.29) is 6.10 Å². The fourth-order valence-electron chi connectivity index (χ4n) is 3.14. The van der Waals surface area contributed by atoms with E-state index in [4.69, 9.17) is 4.74 Å². The van der Waals surface area contributed by atoms with Gasteiger partial charge in [0, 0.05) is 11.5 Å². The number of phenols is 1. The van der Waals surface area contributed by atoms with E-state index in [2.05, 4.69) is 25.1 Å². The van der Waals surface area contributed by atoms with Gasteiger partial charge in [0.05, 0.1) is 6.10 Å². The van der Waals surface area contributed by atoms with E-state index < -0.39 is 0 Å². The molecule has 0 amide bonds. The summed E-state index contributed by atoms with van der Waals surface area (Å²) in [6.07, 6.45) is 4.90. The lowest BCUT2D eigenvalue weighted by molar-refractivity contribution is 0.207. The van der Waals surface area contributed by atoms with E-state index in [1.807, 2.05) is 18.2 Å². The third-order valence-corrected chi connectivity index (χ3v) is 4.27. The van der Waals surface area contributed by atoms with Crippen LogP contribution in [-0.4, -0.2) is 11.2 Å². The highest BCUT2D eigenvalue weighted by Crippen LogP contribution is 2.38. The van der Waals surface area contributed by atoms with Crippen LogP contribution in [0.15, 0.2) is 48.5 Å². The lowest BCUT2D eigenvalue weighted by atomic mass is 9.86. The quantitative estimate of drug-likeness (QED) is 0.809. The molecule has 2 aromatic carbocycles. The number of ether oxygens (including phenoxy) is 1. The number of rotatable bonds is 1. The molecule has 1 N–H and O–H groups in total. The van der Waals surface area contributed by atoms with E-state index in [9.17, 15) is 5.11 Å². The molecule has 1 aliphatic rings. The zero-order chi connectivity index (χ0) is 14.7. The van der Waals surface area contributed by atoms with Crippen LogP contribution < -0.4 is 4.74 Å². The smallest absolute Gasteiger partial charge is 0.123 e. The highest BCUT2D eigenvalue weighted by Gasteiger charge is 2.21. The van der Waals surface area contributed by atoms with E-state index in [1.165, 1.54) is 24.0 Å². The summed E-state index contributed by atoms with van der Waals surface area (Å²) >= 11 is 0.